The summed E-state index contributed by atoms with van der Waals surface area (Å²) in [6.45, 7) is 0.701. The predicted octanol–water partition coefficient (Wildman–Crippen LogP) is 0.225. The maximum atomic E-state index is 10.8. The van der Waals surface area contributed by atoms with Gasteiger partial charge in [0.15, 0.2) is 0 Å². The maximum Gasteiger partial charge on any atom is 0.149 e. The first-order chi connectivity index (χ1) is 7.74. The van der Waals surface area contributed by atoms with Gasteiger partial charge in [-0.3, -0.25) is 0 Å². The summed E-state index contributed by atoms with van der Waals surface area (Å²) < 4.78 is 5.49. The van der Waals surface area contributed by atoms with E-state index in [2.05, 4.69) is 0 Å². The summed E-state index contributed by atoms with van der Waals surface area (Å²) in [6.07, 6.45) is 0.0256. The van der Waals surface area contributed by atoms with E-state index >= 15 is 0 Å². The topological polar surface area (TPSA) is 72.5 Å². The van der Waals surface area contributed by atoms with Gasteiger partial charge >= 0.3 is 0 Å². The van der Waals surface area contributed by atoms with Crippen LogP contribution in [0.4, 0.5) is 0 Å². The molecule has 0 saturated carbocycles. The first-order valence-corrected chi connectivity index (χ1v) is 5.30. The summed E-state index contributed by atoms with van der Waals surface area (Å²) in [5.74, 6) is 0.708. The molecular formula is C12H15NO3. The average molecular weight is 221 g/mol. The summed E-state index contributed by atoms with van der Waals surface area (Å²) in [5, 5.41) is 9.88. The molecule has 1 aliphatic heterocycles. The van der Waals surface area contributed by atoms with E-state index in [1.54, 1.807) is 0 Å². The molecule has 2 rings (SSSR count). The van der Waals surface area contributed by atoms with Crippen LogP contribution in [-0.2, 0) is 10.2 Å². The van der Waals surface area contributed by atoms with E-state index in [1.807, 2.05) is 24.3 Å². The maximum absolute atomic E-state index is 10.8. The Morgan fingerprint density at radius 3 is 3.00 bits per heavy atom. The monoisotopic (exact) mass is 221 g/mol. The second-order valence-corrected chi connectivity index (χ2v) is 4.04. The number of para-hydroxylation sites is 1. The normalized spacial score (nSPS) is 25.4. The number of aliphatic hydroxyl groups excluding tert-OH is 1. The second-order valence-electron chi connectivity index (χ2n) is 4.04. The number of rotatable bonds is 3. The molecule has 0 fully saturated rings. The zero-order valence-corrected chi connectivity index (χ0v) is 8.93. The second kappa shape index (κ2) is 4.23. The molecule has 0 amide bonds. The summed E-state index contributed by atoms with van der Waals surface area (Å²) >= 11 is 0. The average Bonchev–Trinajstić information content (AvgIpc) is 2.37. The van der Waals surface area contributed by atoms with Crippen LogP contribution < -0.4 is 10.5 Å². The highest BCUT2D eigenvalue weighted by molar-refractivity contribution is 5.62. The molecule has 4 nitrogen and oxygen atoms in total. The molecule has 0 aliphatic carbocycles. The van der Waals surface area contributed by atoms with Gasteiger partial charge in [0.25, 0.3) is 0 Å². The molecule has 3 N–H and O–H groups in total. The van der Waals surface area contributed by atoms with Crippen molar-refractivity contribution in [1.29, 1.82) is 0 Å². The molecule has 0 spiro atoms. The first-order valence-electron chi connectivity index (χ1n) is 5.30. The van der Waals surface area contributed by atoms with Gasteiger partial charge in [-0.1, -0.05) is 18.2 Å². The van der Waals surface area contributed by atoms with E-state index in [0.29, 0.717) is 25.1 Å². The highest BCUT2D eigenvalue weighted by atomic mass is 16.5. The zero-order valence-electron chi connectivity index (χ0n) is 8.93. The number of benzene rings is 1. The molecule has 0 radical (unpaired) electrons. The van der Waals surface area contributed by atoms with Crippen LogP contribution in [0, 0.1) is 0 Å². The van der Waals surface area contributed by atoms with Crippen molar-refractivity contribution in [1.82, 2.24) is 0 Å². The molecule has 2 unspecified atom stereocenters. The van der Waals surface area contributed by atoms with E-state index in [4.69, 9.17) is 10.5 Å². The largest absolute Gasteiger partial charge is 0.493 e. The first kappa shape index (κ1) is 11.1. The van der Waals surface area contributed by atoms with Crippen LogP contribution in [0.3, 0.4) is 0 Å². The van der Waals surface area contributed by atoms with Gasteiger partial charge in [0.05, 0.1) is 6.61 Å². The van der Waals surface area contributed by atoms with Crippen LogP contribution in [0.1, 0.15) is 12.0 Å². The van der Waals surface area contributed by atoms with Crippen LogP contribution in [0.25, 0.3) is 0 Å². The number of ether oxygens (including phenoxy) is 1. The smallest absolute Gasteiger partial charge is 0.149 e. The van der Waals surface area contributed by atoms with Gasteiger partial charge in [-0.15, -0.1) is 0 Å². The van der Waals surface area contributed by atoms with E-state index in [-0.39, 0.29) is 6.54 Å². The van der Waals surface area contributed by atoms with Gasteiger partial charge in [-0.25, -0.2) is 0 Å². The van der Waals surface area contributed by atoms with Gasteiger partial charge in [0.2, 0.25) is 0 Å². The molecule has 4 heteroatoms. The molecule has 1 heterocycles. The Hall–Kier alpha value is -1.39. The van der Waals surface area contributed by atoms with Gasteiger partial charge < -0.3 is 20.4 Å². The van der Waals surface area contributed by atoms with Crippen molar-refractivity contribution in [3.63, 3.8) is 0 Å². The number of hydrogen-bond acceptors (Lipinski definition) is 4. The predicted molar refractivity (Wildman–Crippen MR) is 59.4 cm³/mol. The fourth-order valence-corrected chi connectivity index (χ4v) is 2.25. The summed E-state index contributed by atoms with van der Waals surface area (Å²) in [6, 6.07) is 7.40. The van der Waals surface area contributed by atoms with Crippen molar-refractivity contribution in [3.8, 4) is 5.75 Å². The van der Waals surface area contributed by atoms with Crippen molar-refractivity contribution >= 4 is 6.29 Å². The van der Waals surface area contributed by atoms with E-state index in [9.17, 15) is 9.90 Å². The minimum atomic E-state index is -1.08. The van der Waals surface area contributed by atoms with Gasteiger partial charge in [-0.05, 0) is 12.5 Å². The molecule has 16 heavy (non-hydrogen) atoms. The lowest BCUT2D eigenvalue weighted by Crippen LogP contribution is -2.49. The molecule has 2 atom stereocenters. The van der Waals surface area contributed by atoms with Crippen LogP contribution in [-0.4, -0.2) is 30.6 Å². The van der Waals surface area contributed by atoms with Crippen molar-refractivity contribution in [2.75, 3.05) is 13.2 Å². The highest BCUT2D eigenvalue weighted by Crippen LogP contribution is 2.40. The molecule has 0 saturated heterocycles. The Morgan fingerprint density at radius 1 is 1.56 bits per heavy atom. The summed E-state index contributed by atoms with van der Waals surface area (Å²) in [4.78, 5) is 10.8. The van der Waals surface area contributed by atoms with Gasteiger partial charge in [0.1, 0.15) is 18.1 Å². The Bertz CT molecular complexity index is 394. The third kappa shape index (κ3) is 1.50. The number of carbonyl (C=O) groups is 1. The third-order valence-corrected chi connectivity index (χ3v) is 3.29. The minimum Gasteiger partial charge on any atom is -0.493 e. The van der Waals surface area contributed by atoms with Crippen molar-refractivity contribution < 1.29 is 14.6 Å². The molecule has 0 bridgehead atoms. The van der Waals surface area contributed by atoms with Gasteiger partial charge in [-0.2, -0.15) is 0 Å². The summed E-state index contributed by atoms with van der Waals surface area (Å²) in [7, 11) is 0. The van der Waals surface area contributed by atoms with Crippen LogP contribution in [0.5, 0.6) is 5.75 Å². The number of carbonyl (C=O) groups excluding carboxylic acids is 1. The summed E-state index contributed by atoms with van der Waals surface area (Å²) in [5.41, 5.74) is 5.88. The van der Waals surface area contributed by atoms with Gasteiger partial charge in [0, 0.05) is 17.5 Å². The zero-order chi connectivity index (χ0) is 11.6. The molecular weight excluding hydrogens is 206 g/mol. The van der Waals surface area contributed by atoms with E-state index in [0.717, 1.165) is 5.56 Å². The van der Waals surface area contributed by atoms with Crippen LogP contribution in [0.2, 0.25) is 0 Å². The lowest BCUT2D eigenvalue weighted by Gasteiger charge is -2.39. The van der Waals surface area contributed by atoms with Crippen molar-refractivity contribution in [3.05, 3.63) is 29.8 Å². The van der Waals surface area contributed by atoms with Crippen LogP contribution >= 0.6 is 0 Å². The number of fused-ring (bicyclic) bond motifs is 1. The minimum absolute atomic E-state index is 0.229. The van der Waals surface area contributed by atoms with Crippen molar-refractivity contribution in [2.24, 2.45) is 5.73 Å². The molecule has 86 valence electrons. The standard InChI is InChI=1S/C12H15NO3/c13-8-12(11(15)7-14)5-6-16-10-4-2-1-3-9(10)12/h1-4,7,11,15H,5-6,8,13H2. The Morgan fingerprint density at radius 2 is 2.31 bits per heavy atom. The van der Waals surface area contributed by atoms with Crippen LogP contribution in [0.15, 0.2) is 24.3 Å². The van der Waals surface area contributed by atoms with E-state index < -0.39 is 11.5 Å². The molecule has 0 aromatic heterocycles. The SMILES string of the molecule is NCC1(C(O)C=O)CCOc2ccccc21. The Kier molecular flexibility index (Phi) is 2.94. The quantitative estimate of drug-likeness (QED) is 0.716. The number of nitrogens with two attached hydrogens (primary N) is 1. The molecule has 1 aliphatic rings. The Balaban J connectivity index is 2.53. The van der Waals surface area contributed by atoms with Crippen molar-refractivity contribution in [2.45, 2.75) is 17.9 Å². The number of hydrogen-bond donors (Lipinski definition) is 2. The number of aliphatic hydroxyl groups is 1. The molecule has 1 aromatic rings. The lowest BCUT2D eigenvalue weighted by atomic mass is 9.72. The number of aldehydes is 1. The Labute approximate surface area is 94.0 Å². The molecule has 1 aromatic carbocycles. The fourth-order valence-electron chi connectivity index (χ4n) is 2.25. The van der Waals surface area contributed by atoms with E-state index in [1.165, 1.54) is 0 Å². The fraction of sp³-hybridized carbons (Fsp3) is 0.417. The third-order valence-electron chi connectivity index (χ3n) is 3.29. The highest BCUT2D eigenvalue weighted by Gasteiger charge is 2.42. The lowest BCUT2D eigenvalue weighted by molar-refractivity contribution is -0.118.